The molecular formula is C24H20N4OS. The third-order valence-corrected chi connectivity index (χ3v) is 7.17. The molecule has 0 aliphatic heterocycles. The van der Waals surface area contributed by atoms with Crippen molar-refractivity contribution in [2.24, 2.45) is 0 Å². The quantitative estimate of drug-likeness (QED) is 0.432. The Morgan fingerprint density at radius 1 is 0.933 bits per heavy atom. The Balaban J connectivity index is 1.67. The van der Waals surface area contributed by atoms with Crippen LogP contribution in [0.1, 0.15) is 28.8 Å². The molecule has 0 amide bonds. The van der Waals surface area contributed by atoms with E-state index in [0.717, 1.165) is 34.2 Å². The number of thiophene rings is 1. The molecule has 0 N–H and O–H groups in total. The summed E-state index contributed by atoms with van der Waals surface area (Å²) in [7, 11) is 0. The highest BCUT2D eigenvalue weighted by Gasteiger charge is 2.24. The summed E-state index contributed by atoms with van der Waals surface area (Å²) in [5.41, 5.74) is 3.95. The summed E-state index contributed by atoms with van der Waals surface area (Å²) in [5.74, 6) is 0.599. The van der Waals surface area contributed by atoms with Crippen molar-refractivity contribution < 1.29 is 0 Å². The molecule has 0 spiro atoms. The first-order valence-electron chi connectivity index (χ1n) is 10.3. The molecule has 0 saturated carbocycles. The van der Waals surface area contributed by atoms with Crippen molar-refractivity contribution in [3.63, 3.8) is 0 Å². The van der Waals surface area contributed by atoms with Crippen molar-refractivity contribution in [2.45, 2.75) is 32.2 Å². The lowest BCUT2D eigenvalue weighted by atomic mass is 9.97. The Labute approximate surface area is 177 Å². The highest BCUT2D eigenvalue weighted by atomic mass is 32.1. The van der Waals surface area contributed by atoms with Gasteiger partial charge < -0.3 is 0 Å². The van der Waals surface area contributed by atoms with Gasteiger partial charge in [-0.3, -0.25) is 4.57 Å². The van der Waals surface area contributed by atoms with Gasteiger partial charge in [0.15, 0.2) is 11.5 Å². The van der Waals surface area contributed by atoms with Crippen molar-refractivity contribution >= 4 is 27.2 Å². The molecule has 30 heavy (non-hydrogen) atoms. The molecule has 1 aliphatic carbocycles. The lowest BCUT2D eigenvalue weighted by Crippen LogP contribution is -2.28. The van der Waals surface area contributed by atoms with E-state index in [1.165, 1.54) is 27.8 Å². The highest BCUT2D eigenvalue weighted by Crippen LogP contribution is 2.38. The fourth-order valence-corrected chi connectivity index (χ4v) is 5.77. The van der Waals surface area contributed by atoms with Crippen molar-refractivity contribution in [1.29, 1.82) is 0 Å². The maximum atomic E-state index is 13.5. The van der Waals surface area contributed by atoms with Crippen molar-refractivity contribution in [1.82, 2.24) is 19.2 Å². The molecule has 3 aromatic heterocycles. The zero-order valence-corrected chi connectivity index (χ0v) is 17.2. The normalized spacial score (nSPS) is 13.7. The number of aryl methyl sites for hydroxylation is 2. The summed E-state index contributed by atoms with van der Waals surface area (Å²) in [4.78, 5) is 20.8. The Morgan fingerprint density at radius 2 is 1.67 bits per heavy atom. The highest BCUT2D eigenvalue weighted by molar-refractivity contribution is 7.19. The molecule has 0 unspecified atom stereocenters. The van der Waals surface area contributed by atoms with E-state index >= 15 is 0 Å². The Hall–Kier alpha value is -3.25. The van der Waals surface area contributed by atoms with Gasteiger partial charge in [0.2, 0.25) is 0 Å². The van der Waals surface area contributed by atoms with Crippen LogP contribution in [0.2, 0.25) is 0 Å². The van der Waals surface area contributed by atoms with E-state index in [0.29, 0.717) is 18.0 Å². The molecule has 0 radical (unpaired) electrons. The fraction of sp³-hybridized carbons (Fsp3) is 0.208. The van der Waals surface area contributed by atoms with Gasteiger partial charge in [-0.05, 0) is 36.8 Å². The van der Waals surface area contributed by atoms with E-state index in [1.54, 1.807) is 11.3 Å². The standard InChI is InChI=1S/C24H20N4OS/c29-24-27(15-16-9-3-1-4-10-16)23-20(18-13-7-8-14-19(18)30-23)22-25-21(26-28(22)24)17-11-5-2-6-12-17/h1-6,9-12H,7-8,13-15H2. The minimum absolute atomic E-state index is 0.130. The van der Waals surface area contributed by atoms with Crippen LogP contribution in [0.5, 0.6) is 0 Å². The number of nitrogens with zero attached hydrogens (tertiary/aromatic N) is 4. The van der Waals surface area contributed by atoms with Crippen molar-refractivity contribution in [2.75, 3.05) is 0 Å². The van der Waals surface area contributed by atoms with E-state index in [1.807, 2.05) is 53.1 Å². The molecule has 1 aliphatic rings. The second-order valence-corrected chi connectivity index (χ2v) is 8.87. The lowest BCUT2D eigenvalue weighted by molar-refractivity contribution is 0.698. The van der Waals surface area contributed by atoms with Gasteiger partial charge in [0.25, 0.3) is 0 Å². The summed E-state index contributed by atoms with van der Waals surface area (Å²) in [6, 6.07) is 20.0. The van der Waals surface area contributed by atoms with Crippen molar-refractivity contribution in [3.8, 4) is 11.4 Å². The van der Waals surface area contributed by atoms with E-state index < -0.39 is 0 Å². The van der Waals surface area contributed by atoms with E-state index in [4.69, 9.17) is 4.98 Å². The van der Waals surface area contributed by atoms with Crippen molar-refractivity contribution in [3.05, 3.63) is 87.2 Å². The number of fused-ring (bicyclic) bond motifs is 5. The number of aromatic nitrogens is 4. The zero-order chi connectivity index (χ0) is 20.1. The van der Waals surface area contributed by atoms with Crippen LogP contribution in [0.25, 0.3) is 27.3 Å². The summed E-state index contributed by atoms with van der Waals surface area (Å²) in [6.45, 7) is 0.534. The summed E-state index contributed by atoms with van der Waals surface area (Å²) in [6.07, 6.45) is 4.52. The Bertz CT molecular complexity index is 1430. The topological polar surface area (TPSA) is 52.2 Å². The molecule has 0 fully saturated rings. The average molecular weight is 413 g/mol. The van der Waals surface area contributed by atoms with Gasteiger partial charge in [-0.15, -0.1) is 16.4 Å². The van der Waals surface area contributed by atoms with Gasteiger partial charge in [-0.1, -0.05) is 60.7 Å². The predicted molar refractivity (Wildman–Crippen MR) is 120 cm³/mol. The number of benzene rings is 2. The maximum absolute atomic E-state index is 13.5. The van der Waals surface area contributed by atoms with Crippen LogP contribution in [0.15, 0.2) is 65.5 Å². The summed E-state index contributed by atoms with van der Waals surface area (Å²) in [5, 5.41) is 5.75. The number of hydrogen-bond donors (Lipinski definition) is 0. The third-order valence-electron chi connectivity index (χ3n) is 5.86. The van der Waals surface area contributed by atoms with Crippen LogP contribution < -0.4 is 5.69 Å². The largest absolute Gasteiger partial charge is 0.352 e. The molecule has 0 saturated heterocycles. The monoisotopic (exact) mass is 412 g/mol. The van der Waals surface area contributed by atoms with Gasteiger partial charge in [0.05, 0.1) is 11.9 Å². The Morgan fingerprint density at radius 3 is 2.47 bits per heavy atom. The second kappa shape index (κ2) is 6.92. The minimum Gasteiger partial charge on any atom is -0.278 e. The fourth-order valence-electron chi connectivity index (χ4n) is 4.40. The van der Waals surface area contributed by atoms with Gasteiger partial charge in [-0.25, -0.2) is 9.78 Å². The molecule has 6 rings (SSSR count). The summed E-state index contributed by atoms with van der Waals surface area (Å²) >= 11 is 1.76. The van der Waals surface area contributed by atoms with Crippen LogP contribution in [0, 0.1) is 0 Å². The molecule has 3 heterocycles. The second-order valence-electron chi connectivity index (χ2n) is 7.78. The molecular weight excluding hydrogens is 392 g/mol. The number of rotatable bonds is 3. The third kappa shape index (κ3) is 2.71. The van der Waals surface area contributed by atoms with E-state index in [2.05, 4.69) is 17.2 Å². The zero-order valence-electron chi connectivity index (χ0n) is 16.4. The lowest BCUT2D eigenvalue weighted by Gasteiger charge is -2.11. The van der Waals surface area contributed by atoms with Crippen LogP contribution in [-0.2, 0) is 19.4 Å². The first-order valence-corrected chi connectivity index (χ1v) is 11.1. The van der Waals surface area contributed by atoms with Crippen LogP contribution in [-0.4, -0.2) is 19.2 Å². The first-order chi connectivity index (χ1) is 14.8. The van der Waals surface area contributed by atoms with E-state index in [9.17, 15) is 4.79 Å². The van der Waals surface area contributed by atoms with Gasteiger partial charge in [0.1, 0.15) is 4.83 Å². The number of hydrogen-bond acceptors (Lipinski definition) is 4. The van der Waals surface area contributed by atoms with Gasteiger partial charge in [0, 0.05) is 10.4 Å². The molecule has 5 aromatic rings. The molecule has 0 bridgehead atoms. The predicted octanol–water partition coefficient (Wildman–Crippen LogP) is 4.70. The summed E-state index contributed by atoms with van der Waals surface area (Å²) < 4.78 is 3.39. The smallest absolute Gasteiger partial charge is 0.278 e. The molecule has 0 atom stereocenters. The maximum Gasteiger partial charge on any atom is 0.352 e. The van der Waals surface area contributed by atoms with E-state index in [-0.39, 0.29) is 5.69 Å². The minimum atomic E-state index is -0.130. The van der Waals surface area contributed by atoms with Gasteiger partial charge in [-0.2, -0.15) is 4.52 Å². The molecule has 5 nitrogen and oxygen atoms in total. The SMILES string of the molecule is O=c1n(Cc2ccccc2)c2sc3c(c2c2nc(-c4ccccc4)nn12)CCCC3. The molecule has 2 aromatic carbocycles. The molecule has 148 valence electrons. The van der Waals surface area contributed by atoms with Gasteiger partial charge >= 0.3 is 5.69 Å². The first kappa shape index (κ1) is 17.6. The van der Waals surface area contributed by atoms with Crippen LogP contribution in [0.4, 0.5) is 0 Å². The molecule has 6 heteroatoms. The average Bonchev–Trinajstić information content (AvgIpc) is 3.40. The van der Waals surface area contributed by atoms with Crippen LogP contribution >= 0.6 is 11.3 Å². The Kier molecular flexibility index (Phi) is 4.06. The van der Waals surface area contributed by atoms with Crippen LogP contribution in [0.3, 0.4) is 0 Å².